The summed E-state index contributed by atoms with van der Waals surface area (Å²) in [5.41, 5.74) is 0.0993. The summed E-state index contributed by atoms with van der Waals surface area (Å²) < 4.78 is 52.6. The number of aromatic hydroxyl groups is 1. The first-order valence-corrected chi connectivity index (χ1v) is 16.4. The van der Waals surface area contributed by atoms with E-state index in [0.29, 0.717) is 60.0 Å². The van der Waals surface area contributed by atoms with Crippen molar-refractivity contribution in [1.82, 2.24) is 19.9 Å². The molecule has 2 aromatic carbocycles. The predicted molar refractivity (Wildman–Crippen MR) is 169 cm³/mol. The summed E-state index contributed by atoms with van der Waals surface area (Å²) in [6.45, 7) is 4.18. The number of halogens is 3. The van der Waals surface area contributed by atoms with Gasteiger partial charge in [-0.25, -0.2) is 13.2 Å². The lowest BCUT2D eigenvalue weighted by Gasteiger charge is -2.50. The minimum Gasteiger partial charge on any atom is -0.508 e. The van der Waals surface area contributed by atoms with E-state index in [1.54, 1.807) is 6.07 Å². The molecule has 11 heteroatoms. The third-order valence-electron chi connectivity index (χ3n) is 11.0. The highest BCUT2D eigenvalue weighted by Crippen LogP contribution is 2.49. The molecule has 2 unspecified atom stereocenters. The van der Waals surface area contributed by atoms with Crippen LogP contribution in [-0.2, 0) is 6.42 Å². The molecule has 8 nitrogen and oxygen atoms in total. The summed E-state index contributed by atoms with van der Waals surface area (Å²) >= 11 is 0. The largest absolute Gasteiger partial charge is 0.508 e. The molecule has 4 fully saturated rings. The van der Waals surface area contributed by atoms with Crippen LogP contribution in [0.15, 0.2) is 30.5 Å². The molecule has 3 aliphatic heterocycles. The topological polar surface area (TPSA) is 94.8 Å². The molecule has 1 spiro atoms. The third-order valence-corrected chi connectivity index (χ3v) is 11.0. The first-order valence-electron chi connectivity index (χ1n) is 16.4. The molecule has 242 valence electrons. The molecule has 3 saturated heterocycles. The van der Waals surface area contributed by atoms with Crippen molar-refractivity contribution in [3.8, 4) is 23.0 Å². The van der Waals surface area contributed by atoms with E-state index in [2.05, 4.69) is 14.9 Å². The number of rotatable bonds is 6. The Balaban J connectivity index is 1.28. The number of hydrogen-bond donors (Lipinski definition) is 2. The second kappa shape index (κ2) is 10.9. The smallest absolute Gasteiger partial charge is 0.319 e. The summed E-state index contributed by atoms with van der Waals surface area (Å²) in [5.74, 6) is -0.828. The van der Waals surface area contributed by atoms with Gasteiger partial charge in [-0.1, -0.05) is 19.4 Å². The summed E-state index contributed by atoms with van der Waals surface area (Å²) in [6.07, 6.45) is 6.36. The van der Waals surface area contributed by atoms with Crippen LogP contribution in [0.2, 0.25) is 0 Å². The quantitative estimate of drug-likeness (QED) is 0.264. The Morgan fingerprint density at radius 2 is 1.91 bits per heavy atom. The number of aliphatic hydroxyl groups is 1. The van der Waals surface area contributed by atoms with Gasteiger partial charge in [-0.05, 0) is 85.0 Å². The van der Waals surface area contributed by atoms with Crippen LogP contribution < -0.4 is 9.64 Å². The highest BCUT2D eigenvalue weighted by molar-refractivity contribution is 6.01. The van der Waals surface area contributed by atoms with Gasteiger partial charge < -0.3 is 19.8 Å². The molecule has 8 rings (SSSR count). The number of nitrogens with zero attached hydrogens (tertiary/aromatic N) is 5. The van der Waals surface area contributed by atoms with Gasteiger partial charge in [0.15, 0.2) is 5.82 Å². The molecular formula is C35H38F3N5O3. The third kappa shape index (κ3) is 4.76. The molecule has 3 atom stereocenters. The zero-order chi connectivity index (χ0) is 31.8. The van der Waals surface area contributed by atoms with E-state index in [1.807, 2.05) is 11.8 Å². The number of phenolic OH excluding ortho intramolecular Hbond substituents is 1. The standard InChI is InChI=1S/C35H38F3N5O3/c1-2-24-27(37)6-5-20-11-22(44)12-25(28(20)24)30-29(38)31-26(15-39-30)32(42-17-23(45)14-34(18-42)7-3-8-34)41-33(40-31)46-19-35-9-4-10-43(35)16-21(36)13-35/h5-6,11-12,15,21,23,44-45H,2-4,7-10,13-14,16-19H2,1H3/t21-,23?,35?/m1/s1. The number of pyridine rings is 1. The Hall–Kier alpha value is -3.70. The normalized spacial score (nSPS) is 25.8. The lowest BCUT2D eigenvalue weighted by atomic mass is 9.64. The van der Waals surface area contributed by atoms with Crippen molar-refractivity contribution in [3.63, 3.8) is 0 Å². The number of phenols is 1. The molecule has 2 N–H and O–H groups in total. The zero-order valence-corrected chi connectivity index (χ0v) is 25.9. The van der Waals surface area contributed by atoms with E-state index < -0.39 is 29.4 Å². The average molecular weight is 634 g/mol. The Morgan fingerprint density at radius 3 is 2.70 bits per heavy atom. The maximum Gasteiger partial charge on any atom is 0.319 e. The van der Waals surface area contributed by atoms with Crippen LogP contribution in [0.4, 0.5) is 19.0 Å². The lowest BCUT2D eigenvalue weighted by molar-refractivity contribution is 0.0238. The van der Waals surface area contributed by atoms with Crippen LogP contribution >= 0.6 is 0 Å². The van der Waals surface area contributed by atoms with Crippen molar-refractivity contribution < 1.29 is 28.1 Å². The van der Waals surface area contributed by atoms with Gasteiger partial charge in [0, 0.05) is 37.8 Å². The molecule has 5 heterocycles. The van der Waals surface area contributed by atoms with Crippen molar-refractivity contribution in [2.24, 2.45) is 5.41 Å². The van der Waals surface area contributed by atoms with Gasteiger partial charge in [0.1, 0.15) is 41.4 Å². The molecule has 0 radical (unpaired) electrons. The highest BCUT2D eigenvalue weighted by atomic mass is 19.1. The average Bonchev–Trinajstić information content (AvgIpc) is 3.54. The van der Waals surface area contributed by atoms with Crippen molar-refractivity contribution >= 4 is 27.5 Å². The first kappa shape index (κ1) is 29.7. The fraction of sp³-hybridized carbons (Fsp3) is 0.514. The monoisotopic (exact) mass is 633 g/mol. The molecule has 4 aliphatic rings. The van der Waals surface area contributed by atoms with Gasteiger partial charge in [-0.15, -0.1) is 0 Å². The summed E-state index contributed by atoms with van der Waals surface area (Å²) in [7, 11) is 0. The van der Waals surface area contributed by atoms with Crippen molar-refractivity contribution in [3.05, 3.63) is 47.7 Å². The van der Waals surface area contributed by atoms with Crippen LogP contribution in [-0.4, -0.2) is 80.7 Å². The van der Waals surface area contributed by atoms with Crippen molar-refractivity contribution in [1.29, 1.82) is 0 Å². The molecule has 0 amide bonds. The highest BCUT2D eigenvalue weighted by Gasteiger charge is 2.49. The molecular weight excluding hydrogens is 595 g/mol. The number of piperidine rings is 1. The van der Waals surface area contributed by atoms with E-state index in [4.69, 9.17) is 9.72 Å². The summed E-state index contributed by atoms with van der Waals surface area (Å²) in [4.78, 5) is 18.0. The Labute approximate surface area is 265 Å². The number of fused-ring (bicyclic) bond motifs is 3. The Morgan fingerprint density at radius 1 is 1.07 bits per heavy atom. The van der Waals surface area contributed by atoms with Gasteiger partial charge in [-0.3, -0.25) is 9.88 Å². The van der Waals surface area contributed by atoms with Gasteiger partial charge >= 0.3 is 6.01 Å². The fourth-order valence-electron chi connectivity index (χ4n) is 8.75. The number of aryl methyl sites for hydroxylation is 1. The van der Waals surface area contributed by atoms with Crippen LogP contribution in [0.3, 0.4) is 0 Å². The predicted octanol–water partition coefficient (Wildman–Crippen LogP) is 6.09. The van der Waals surface area contributed by atoms with Crippen LogP contribution in [0.25, 0.3) is 32.9 Å². The van der Waals surface area contributed by atoms with E-state index in [9.17, 15) is 19.0 Å². The van der Waals surface area contributed by atoms with Crippen molar-refractivity contribution in [2.75, 3.05) is 37.7 Å². The molecule has 1 aliphatic carbocycles. The number of benzene rings is 2. The van der Waals surface area contributed by atoms with E-state index in [-0.39, 0.29) is 40.6 Å². The number of aliphatic hydroxyl groups excluding tert-OH is 1. The van der Waals surface area contributed by atoms with Crippen LogP contribution in [0.5, 0.6) is 11.8 Å². The maximum atomic E-state index is 16.9. The van der Waals surface area contributed by atoms with Crippen LogP contribution in [0, 0.1) is 17.0 Å². The maximum absolute atomic E-state index is 16.9. The molecule has 0 bridgehead atoms. The minimum atomic E-state index is -0.925. The van der Waals surface area contributed by atoms with Gasteiger partial charge in [0.25, 0.3) is 0 Å². The zero-order valence-electron chi connectivity index (χ0n) is 25.9. The van der Waals surface area contributed by atoms with E-state index in [1.165, 1.54) is 24.4 Å². The SMILES string of the molecule is CCc1c(F)ccc2cc(O)cc(-c3ncc4c(N5CC(O)CC6(CCC6)C5)nc(OCC56CCCN5C[C@H](F)C6)nc4c3F)c12. The number of β-amino-alcohol motifs (C(OH)–C–C–N with tert-alkyl or cyclic N) is 1. The van der Waals surface area contributed by atoms with E-state index in [0.717, 1.165) is 45.1 Å². The Kier molecular flexibility index (Phi) is 7.06. The van der Waals surface area contributed by atoms with Gasteiger partial charge in [0.05, 0.1) is 17.0 Å². The second-order valence-electron chi connectivity index (χ2n) is 13.9. The van der Waals surface area contributed by atoms with Crippen LogP contribution in [0.1, 0.15) is 57.4 Å². The molecule has 2 aromatic heterocycles. The fourth-order valence-corrected chi connectivity index (χ4v) is 8.75. The van der Waals surface area contributed by atoms with Crippen molar-refractivity contribution in [2.45, 2.75) is 76.1 Å². The second-order valence-corrected chi connectivity index (χ2v) is 13.9. The van der Waals surface area contributed by atoms with E-state index >= 15 is 4.39 Å². The number of ether oxygens (including phenoxy) is 1. The molecule has 46 heavy (non-hydrogen) atoms. The minimum absolute atomic E-state index is 0.0192. The van der Waals surface area contributed by atoms with Gasteiger partial charge in [-0.2, -0.15) is 9.97 Å². The number of anilines is 1. The van der Waals surface area contributed by atoms with Gasteiger partial charge in [0.2, 0.25) is 0 Å². The summed E-state index contributed by atoms with van der Waals surface area (Å²) in [5, 5.41) is 22.9. The number of hydrogen-bond acceptors (Lipinski definition) is 8. The lowest BCUT2D eigenvalue weighted by Crippen LogP contribution is -2.53. The Bertz CT molecular complexity index is 1850. The molecule has 1 saturated carbocycles. The first-order chi connectivity index (χ1) is 22.2. The summed E-state index contributed by atoms with van der Waals surface area (Å²) in [6, 6.07) is 5.82. The molecule has 4 aromatic rings. The number of alkyl halides is 1. The number of aromatic nitrogens is 3.